The van der Waals surface area contributed by atoms with Crippen LogP contribution in [0.25, 0.3) is 0 Å². The first-order chi connectivity index (χ1) is 6.19. The minimum atomic E-state index is -0.123. The lowest BCUT2D eigenvalue weighted by atomic mass is 10.1. The van der Waals surface area contributed by atoms with Crippen LogP contribution in [0.3, 0.4) is 0 Å². The maximum atomic E-state index is 5.84. The summed E-state index contributed by atoms with van der Waals surface area (Å²) in [6.07, 6.45) is 1.72. The summed E-state index contributed by atoms with van der Waals surface area (Å²) in [6.45, 7) is 3.66. The minimum Gasteiger partial charge on any atom is -0.497 e. The Bertz CT molecular complexity index is 312. The highest BCUT2D eigenvalue weighted by atomic mass is 127. The minimum absolute atomic E-state index is 0.123. The molecule has 1 aromatic carbocycles. The summed E-state index contributed by atoms with van der Waals surface area (Å²) in [5, 5.41) is 0. The van der Waals surface area contributed by atoms with Crippen LogP contribution in [0.4, 0.5) is 0 Å². The van der Waals surface area contributed by atoms with E-state index >= 15 is 0 Å². The van der Waals surface area contributed by atoms with E-state index in [1.807, 2.05) is 18.2 Å². The summed E-state index contributed by atoms with van der Waals surface area (Å²) >= 11 is 2.25. The van der Waals surface area contributed by atoms with Gasteiger partial charge in [0.1, 0.15) is 5.75 Å². The average Bonchev–Trinajstić information content (AvgIpc) is 2.17. The zero-order chi connectivity index (χ0) is 9.84. The Balaban J connectivity index is 3.10. The molecule has 0 amide bonds. The van der Waals surface area contributed by atoms with Crippen molar-refractivity contribution >= 4 is 22.6 Å². The van der Waals surface area contributed by atoms with Gasteiger partial charge in [-0.1, -0.05) is 6.08 Å². The quantitative estimate of drug-likeness (QED) is 0.685. The predicted octanol–water partition coefficient (Wildman–Crippen LogP) is 2.49. The Hall–Kier alpha value is -0.550. The summed E-state index contributed by atoms with van der Waals surface area (Å²) in [4.78, 5) is 0. The van der Waals surface area contributed by atoms with E-state index < -0.39 is 0 Å². The van der Waals surface area contributed by atoms with Gasteiger partial charge in [-0.15, -0.1) is 6.58 Å². The van der Waals surface area contributed by atoms with Gasteiger partial charge < -0.3 is 10.5 Å². The lowest BCUT2D eigenvalue weighted by Crippen LogP contribution is -2.08. The fourth-order valence-corrected chi connectivity index (χ4v) is 1.73. The molecule has 13 heavy (non-hydrogen) atoms. The molecule has 1 atom stereocenters. The Kier molecular flexibility index (Phi) is 3.74. The van der Waals surface area contributed by atoms with Crippen molar-refractivity contribution in [2.75, 3.05) is 7.11 Å². The second kappa shape index (κ2) is 4.62. The standard InChI is InChI=1S/C10H12INO/c1-3-10(12)8-6-7(13-2)4-5-9(8)11/h3-6,10H,1,12H2,2H3. The van der Waals surface area contributed by atoms with Gasteiger partial charge in [-0.25, -0.2) is 0 Å². The Morgan fingerprint density at radius 1 is 1.62 bits per heavy atom. The fourth-order valence-electron chi connectivity index (χ4n) is 1.03. The summed E-state index contributed by atoms with van der Waals surface area (Å²) in [5.41, 5.74) is 6.89. The van der Waals surface area contributed by atoms with Gasteiger partial charge in [-0.2, -0.15) is 0 Å². The molecule has 0 saturated carbocycles. The van der Waals surface area contributed by atoms with Gasteiger partial charge in [-0.3, -0.25) is 0 Å². The van der Waals surface area contributed by atoms with E-state index in [9.17, 15) is 0 Å². The zero-order valence-corrected chi connectivity index (χ0v) is 9.61. The first-order valence-electron chi connectivity index (χ1n) is 3.90. The molecule has 0 heterocycles. The van der Waals surface area contributed by atoms with Crippen LogP contribution in [0.15, 0.2) is 30.9 Å². The lowest BCUT2D eigenvalue weighted by molar-refractivity contribution is 0.414. The number of halogens is 1. The van der Waals surface area contributed by atoms with Crippen LogP contribution < -0.4 is 10.5 Å². The van der Waals surface area contributed by atoms with E-state index in [2.05, 4.69) is 29.2 Å². The van der Waals surface area contributed by atoms with Crippen LogP contribution in [-0.4, -0.2) is 7.11 Å². The number of nitrogens with two attached hydrogens (primary N) is 1. The van der Waals surface area contributed by atoms with Crippen LogP contribution in [0.2, 0.25) is 0 Å². The molecule has 2 nitrogen and oxygen atoms in total. The molecule has 0 aliphatic carbocycles. The van der Waals surface area contributed by atoms with E-state index in [1.165, 1.54) is 0 Å². The zero-order valence-electron chi connectivity index (χ0n) is 7.46. The van der Waals surface area contributed by atoms with E-state index in [4.69, 9.17) is 10.5 Å². The Morgan fingerprint density at radius 2 is 2.31 bits per heavy atom. The number of rotatable bonds is 3. The normalized spacial score (nSPS) is 12.2. The molecule has 0 aliphatic heterocycles. The number of benzene rings is 1. The van der Waals surface area contributed by atoms with Gasteiger partial charge in [0, 0.05) is 9.61 Å². The molecule has 0 bridgehead atoms. The third-order valence-corrected chi connectivity index (χ3v) is 2.80. The number of ether oxygens (including phenoxy) is 1. The van der Waals surface area contributed by atoms with Gasteiger partial charge >= 0.3 is 0 Å². The Morgan fingerprint density at radius 3 is 2.85 bits per heavy atom. The topological polar surface area (TPSA) is 35.2 Å². The molecule has 0 radical (unpaired) electrons. The van der Waals surface area contributed by atoms with Crippen molar-refractivity contribution in [2.45, 2.75) is 6.04 Å². The molecule has 0 spiro atoms. The molecule has 1 aromatic rings. The molecule has 2 N–H and O–H groups in total. The molecular weight excluding hydrogens is 277 g/mol. The SMILES string of the molecule is C=CC(N)c1cc(OC)ccc1I. The van der Waals surface area contributed by atoms with Crippen LogP contribution in [-0.2, 0) is 0 Å². The second-order valence-electron chi connectivity index (χ2n) is 2.65. The van der Waals surface area contributed by atoms with Gasteiger partial charge in [0.2, 0.25) is 0 Å². The molecule has 3 heteroatoms. The highest BCUT2D eigenvalue weighted by molar-refractivity contribution is 14.1. The summed E-state index contributed by atoms with van der Waals surface area (Å²) in [6, 6.07) is 5.72. The van der Waals surface area contributed by atoms with Gasteiger partial charge in [0.15, 0.2) is 0 Å². The summed E-state index contributed by atoms with van der Waals surface area (Å²) in [5.74, 6) is 0.827. The number of hydrogen-bond acceptors (Lipinski definition) is 2. The monoisotopic (exact) mass is 289 g/mol. The van der Waals surface area contributed by atoms with Gasteiger partial charge in [0.25, 0.3) is 0 Å². The molecule has 70 valence electrons. The molecule has 0 fully saturated rings. The van der Waals surface area contributed by atoms with Crippen LogP contribution >= 0.6 is 22.6 Å². The maximum absolute atomic E-state index is 5.84. The lowest BCUT2D eigenvalue weighted by Gasteiger charge is -2.10. The fraction of sp³-hybridized carbons (Fsp3) is 0.200. The third-order valence-electron chi connectivity index (χ3n) is 1.82. The highest BCUT2D eigenvalue weighted by Gasteiger charge is 2.07. The molecular formula is C10H12INO. The van der Waals surface area contributed by atoms with E-state index in [0.29, 0.717) is 0 Å². The van der Waals surface area contributed by atoms with E-state index in [-0.39, 0.29) is 6.04 Å². The number of hydrogen-bond donors (Lipinski definition) is 1. The van der Waals surface area contributed by atoms with Crippen molar-refractivity contribution in [2.24, 2.45) is 5.73 Å². The van der Waals surface area contributed by atoms with Crippen molar-refractivity contribution in [1.82, 2.24) is 0 Å². The van der Waals surface area contributed by atoms with Gasteiger partial charge in [-0.05, 0) is 46.4 Å². The first kappa shape index (κ1) is 10.5. The van der Waals surface area contributed by atoms with Crippen molar-refractivity contribution in [1.29, 1.82) is 0 Å². The van der Waals surface area contributed by atoms with Crippen molar-refractivity contribution in [3.8, 4) is 5.75 Å². The van der Waals surface area contributed by atoms with Crippen molar-refractivity contribution in [3.63, 3.8) is 0 Å². The van der Waals surface area contributed by atoms with Crippen molar-refractivity contribution in [3.05, 3.63) is 40.0 Å². The molecule has 0 saturated heterocycles. The Labute approximate surface area is 91.9 Å². The summed E-state index contributed by atoms with van der Waals surface area (Å²) < 4.78 is 6.24. The summed E-state index contributed by atoms with van der Waals surface area (Å²) in [7, 11) is 1.64. The molecule has 1 unspecified atom stereocenters. The average molecular weight is 289 g/mol. The molecule has 0 aromatic heterocycles. The van der Waals surface area contributed by atoms with Crippen LogP contribution in [0.1, 0.15) is 11.6 Å². The number of methoxy groups -OCH3 is 1. The van der Waals surface area contributed by atoms with Crippen LogP contribution in [0, 0.1) is 3.57 Å². The molecule has 0 aliphatic rings. The largest absolute Gasteiger partial charge is 0.497 e. The van der Waals surface area contributed by atoms with Gasteiger partial charge in [0.05, 0.1) is 7.11 Å². The first-order valence-corrected chi connectivity index (χ1v) is 4.98. The maximum Gasteiger partial charge on any atom is 0.119 e. The molecule has 1 rings (SSSR count). The highest BCUT2D eigenvalue weighted by Crippen LogP contribution is 2.24. The van der Waals surface area contributed by atoms with E-state index in [0.717, 1.165) is 14.9 Å². The van der Waals surface area contributed by atoms with Crippen molar-refractivity contribution < 1.29 is 4.74 Å². The van der Waals surface area contributed by atoms with E-state index in [1.54, 1.807) is 13.2 Å². The smallest absolute Gasteiger partial charge is 0.119 e. The predicted molar refractivity (Wildman–Crippen MR) is 62.8 cm³/mol. The third kappa shape index (κ3) is 2.45. The van der Waals surface area contributed by atoms with Crippen LogP contribution in [0.5, 0.6) is 5.75 Å². The second-order valence-corrected chi connectivity index (χ2v) is 3.81.